The maximum Gasteiger partial charge on any atom is 0.408 e. The van der Waals surface area contributed by atoms with Crippen molar-refractivity contribution in [3.05, 3.63) is 11.1 Å². The van der Waals surface area contributed by atoms with Crippen LogP contribution in [0.5, 0.6) is 0 Å². The van der Waals surface area contributed by atoms with Crippen LogP contribution < -0.4 is 5.32 Å². The number of hydrogen-bond donors (Lipinski definition) is 1. The number of ketones is 1. The zero-order chi connectivity index (χ0) is 26.1. The summed E-state index contributed by atoms with van der Waals surface area (Å²) in [7, 11) is 0. The lowest BCUT2D eigenvalue weighted by Gasteiger charge is -2.43. The van der Waals surface area contributed by atoms with E-state index < -0.39 is 29.8 Å². The van der Waals surface area contributed by atoms with E-state index in [-0.39, 0.29) is 11.2 Å². The van der Waals surface area contributed by atoms with Gasteiger partial charge in [0.15, 0.2) is 11.9 Å². The maximum absolute atomic E-state index is 13.2. The van der Waals surface area contributed by atoms with Gasteiger partial charge in [0.25, 0.3) is 0 Å². The molecule has 6 heteroatoms. The van der Waals surface area contributed by atoms with Gasteiger partial charge < -0.3 is 14.8 Å². The summed E-state index contributed by atoms with van der Waals surface area (Å²) >= 11 is 0. The summed E-state index contributed by atoms with van der Waals surface area (Å²) < 4.78 is 11.2. The van der Waals surface area contributed by atoms with Gasteiger partial charge in [-0.15, -0.1) is 0 Å². The lowest BCUT2D eigenvalue weighted by molar-refractivity contribution is -0.158. The average Bonchev–Trinajstić information content (AvgIpc) is 2.76. The van der Waals surface area contributed by atoms with Gasteiger partial charge in [-0.3, -0.25) is 4.79 Å². The zero-order valence-corrected chi connectivity index (χ0v) is 23.1. The van der Waals surface area contributed by atoms with Crippen molar-refractivity contribution in [3.63, 3.8) is 0 Å². The number of carbonyl (C=O) groups excluding carboxylic acids is 3. The molecule has 200 valence electrons. The number of amides is 1. The minimum absolute atomic E-state index is 0.0872. The second-order valence-corrected chi connectivity index (χ2v) is 11.8. The molecule has 35 heavy (non-hydrogen) atoms. The number of allylic oxidation sites excluding steroid dienone is 1. The van der Waals surface area contributed by atoms with Crippen LogP contribution in [0.3, 0.4) is 0 Å². The molecule has 1 saturated carbocycles. The third-order valence-electron chi connectivity index (χ3n) is 7.46. The van der Waals surface area contributed by atoms with Crippen LogP contribution in [0.2, 0.25) is 0 Å². The largest absolute Gasteiger partial charge is 0.452 e. The van der Waals surface area contributed by atoms with Crippen molar-refractivity contribution in [2.45, 2.75) is 149 Å². The van der Waals surface area contributed by atoms with E-state index in [0.717, 1.165) is 50.5 Å². The molecule has 0 heterocycles. The summed E-state index contributed by atoms with van der Waals surface area (Å²) in [6.45, 7) is 11.6. The molecule has 1 unspecified atom stereocenters. The van der Waals surface area contributed by atoms with Crippen LogP contribution in [0.4, 0.5) is 4.79 Å². The summed E-state index contributed by atoms with van der Waals surface area (Å²) in [6.07, 6.45) is 12.9. The molecule has 0 radical (unpaired) electrons. The normalized spacial score (nSPS) is 23.5. The molecule has 2 rings (SSSR count). The second-order valence-electron chi connectivity index (χ2n) is 11.8. The van der Waals surface area contributed by atoms with E-state index in [1.54, 1.807) is 20.8 Å². The molecule has 0 aromatic carbocycles. The standard InChI is InChI=1S/C29H49NO5/c1-7-8-9-10-11-12-13-14-18-23(30-27(33)35-28(3,4)5)26(32)34-24-20-29(6)19-16-15-17-22(29)21(2)25(24)31/h23-24H,7-20H2,1-6H3,(H,30,33)/t23?,24-,29-/m0/s1. The number of alkyl carbamates (subject to hydrolysis) is 1. The summed E-state index contributed by atoms with van der Waals surface area (Å²) in [5.41, 5.74) is 1.25. The Bertz CT molecular complexity index is 766. The maximum atomic E-state index is 13.2. The first-order valence-electron chi connectivity index (χ1n) is 13.9. The molecule has 3 atom stereocenters. The molecule has 0 aromatic heterocycles. The lowest BCUT2D eigenvalue weighted by Crippen LogP contribution is -2.48. The molecular formula is C29H49NO5. The van der Waals surface area contributed by atoms with Gasteiger partial charge in [-0.05, 0) is 64.4 Å². The third-order valence-corrected chi connectivity index (χ3v) is 7.46. The highest BCUT2D eigenvalue weighted by molar-refractivity contribution is 6.01. The number of nitrogens with one attached hydrogen (secondary N) is 1. The Balaban J connectivity index is 1.99. The van der Waals surface area contributed by atoms with Gasteiger partial charge in [-0.1, -0.05) is 77.2 Å². The molecule has 1 fully saturated rings. The topological polar surface area (TPSA) is 81.7 Å². The van der Waals surface area contributed by atoms with E-state index in [0.29, 0.717) is 12.8 Å². The van der Waals surface area contributed by atoms with Crippen LogP contribution in [0, 0.1) is 5.41 Å². The molecule has 1 N–H and O–H groups in total. The number of Topliss-reactive ketones (excluding diaryl/α,β-unsaturated/α-hetero) is 1. The van der Waals surface area contributed by atoms with Crippen LogP contribution in [-0.2, 0) is 19.1 Å². The molecule has 2 aliphatic carbocycles. The summed E-state index contributed by atoms with van der Waals surface area (Å²) in [5.74, 6) is -0.622. The van der Waals surface area contributed by atoms with E-state index in [2.05, 4.69) is 19.2 Å². The van der Waals surface area contributed by atoms with Crippen molar-refractivity contribution in [2.24, 2.45) is 5.41 Å². The van der Waals surface area contributed by atoms with Gasteiger partial charge >= 0.3 is 12.1 Å². The van der Waals surface area contributed by atoms with E-state index in [9.17, 15) is 14.4 Å². The number of hydrogen-bond acceptors (Lipinski definition) is 5. The molecule has 0 saturated heterocycles. The Hall–Kier alpha value is -1.85. The smallest absolute Gasteiger partial charge is 0.408 e. The highest BCUT2D eigenvalue weighted by Gasteiger charge is 2.44. The van der Waals surface area contributed by atoms with Gasteiger partial charge in [0, 0.05) is 6.42 Å². The molecule has 0 aliphatic heterocycles. The Labute approximate surface area is 213 Å². The van der Waals surface area contributed by atoms with Gasteiger partial charge in [0.05, 0.1) is 0 Å². The molecule has 6 nitrogen and oxygen atoms in total. The number of ether oxygens (including phenoxy) is 2. The Kier molecular flexibility index (Phi) is 11.3. The number of rotatable bonds is 12. The van der Waals surface area contributed by atoms with Crippen LogP contribution in [-0.4, -0.2) is 35.6 Å². The number of esters is 1. The van der Waals surface area contributed by atoms with Crippen molar-refractivity contribution in [1.29, 1.82) is 0 Å². The van der Waals surface area contributed by atoms with E-state index >= 15 is 0 Å². The van der Waals surface area contributed by atoms with E-state index in [1.807, 2.05) is 6.92 Å². The monoisotopic (exact) mass is 491 g/mol. The van der Waals surface area contributed by atoms with Gasteiger partial charge in [-0.2, -0.15) is 0 Å². The molecule has 0 bridgehead atoms. The summed E-state index contributed by atoms with van der Waals surface area (Å²) in [5, 5.41) is 2.71. The first-order chi connectivity index (χ1) is 16.5. The molecular weight excluding hydrogens is 442 g/mol. The third kappa shape index (κ3) is 9.27. The number of fused-ring (bicyclic) bond motifs is 1. The Morgan fingerprint density at radius 2 is 1.69 bits per heavy atom. The van der Waals surface area contributed by atoms with E-state index in [1.165, 1.54) is 37.7 Å². The van der Waals surface area contributed by atoms with Gasteiger partial charge in [0.1, 0.15) is 11.6 Å². The van der Waals surface area contributed by atoms with Gasteiger partial charge in [-0.25, -0.2) is 9.59 Å². The Morgan fingerprint density at radius 1 is 1.06 bits per heavy atom. The molecule has 1 amide bonds. The first-order valence-corrected chi connectivity index (χ1v) is 13.9. The quantitative estimate of drug-likeness (QED) is 0.231. The summed E-state index contributed by atoms with van der Waals surface area (Å²) in [6, 6.07) is -0.817. The van der Waals surface area contributed by atoms with Crippen molar-refractivity contribution < 1.29 is 23.9 Å². The van der Waals surface area contributed by atoms with Crippen LogP contribution >= 0.6 is 0 Å². The molecule has 0 spiro atoms. The number of unbranched alkanes of at least 4 members (excludes halogenated alkanes) is 7. The predicted octanol–water partition coefficient (Wildman–Crippen LogP) is 7.19. The van der Waals surface area contributed by atoms with E-state index in [4.69, 9.17) is 9.47 Å². The average molecular weight is 492 g/mol. The van der Waals surface area contributed by atoms with Gasteiger partial charge in [0.2, 0.25) is 0 Å². The minimum Gasteiger partial charge on any atom is -0.452 e. The number of carbonyl (C=O) groups is 3. The Morgan fingerprint density at radius 3 is 2.31 bits per heavy atom. The highest BCUT2D eigenvalue weighted by Crippen LogP contribution is 2.49. The fourth-order valence-corrected chi connectivity index (χ4v) is 5.53. The molecule has 2 aliphatic rings. The fourth-order valence-electron chi connectivity index (χ4n) is 5.53. The van der Waals surface area contributed by atoms with Crippen LogP contribution in [0.1, 0.15) is 131 Å². The summed E-state index contributed by atoms with van der Waals surface area (Å²) in [4.78, 5) is 38.7. The first kappa shape index (κ1) is 29.4. The highest BCUT2D eigenvalue weighted by atomic mass is 16.6. The lowest BCUT2D eigenvalue weighted by atomic mass is 9.63. The van der Waals surface area contributed by atoms with Crippen LogP contribution in [0.15, 0.2) is 11.1 Å². The van der Waals surface area contributed by atoms with Crippen molar-refractivity contribution in [2.75, 3.05) is 0 Å². The van der Waals surface area contributed by atoms with Crippen molar-refractivity contribution in [1.82, 2.24) is 5.32 Å². The predicted molar refractivity (Wildman–Crippen MR) is 139 cm³/mol. The zero-order valence-electron chi connectivity index (χ0n) is 23.1. The van der Waals surface area contributed by atoms with Crippen molar-refractivity contribution >= 4 is 17.8 Å². The molecule has 0 aromatic rings. The fraction of sp³-hybridized carbons (Fsp3) is 0.828. The SMILES string of the molecule is CCCCCCCCCCC(NC(=O)OC(C)(C)C)C(=O)O[C@H]1C[C@]2(C)CCCCC2=C(C)C1=O. The van der Waals surface area contributed by atoms with Crippen LogP contribution in [0.25, 0.3) is 0 Å². The second kappa shape index (κ2) is 13.5. The van der Waals surface area contributed by atoms with Crippen molar-refractivity contribution in [3.8, 4) is 0 Å². The minimum atomic E-state index is -0.817.